The van der Waals surface area contributed by atoms with Crippen molar-refractivity contribution in [3.05, 3.63) is 59.2 Å². The topological polar surface area (TPSA) is 54.4 Å². The molecule has 0 amide bonds. The third kappa shape index (κ3) is 4.43. The normalized spacial score (nSPS) is 13.0. The molecule has 0 saturated heterocycles. The van der Waals surface area contributed by atoms with Gasteiger partial charge in [-0.2, -0.15) is 0 Å². The van der Waals surface area contributed by atoms with E-state index in [2.05, 4.69) is 0 Å². The molecule has 136 valence electrons. The summed E-state index contributed by atoms with van der Waals surface area (Å²) in [5, 5.41) is 10.8. The molecule has 3 nitrogen and oxygen atoms in total. The zero-order valence-corrected chi connectivity index (χ0v) is 16.7. The second-order valence-electron chi connectivity index (χ2n) is 8.61. The van der Waals surface area contributed by atoms with Crippen LogP contribution in [0.4, 0.5) is 0 Å². The van der Waals surface area contributed by atoms with Crippen LogP contribution in [0.25, 0.3) is 0 Å². The van der Waals surface area contributed by atoms with Gasteiger partial charge in [-0.3, -0.25) is 0 Å². The van der Waals surface area contributed by atoms with Crippen LogP contribution in [0, 0.1) is 0 Å². The predicted octanol–water partition coefficient (Wildman–Crippen LogP) is 4.96. The van der Waals surface area contributed by atoms with E-state index >= 15 is 0 Å². The molecule has 0 spiro atoms. The molecule has 0 aliphatic rings. The average molecular weight is 361 g/mol. The van der Waals surface area contributed by atoms with E-state index in [1.807, 2.05) is 53.7 Å². The van der Waals surface area contributed by atoms with E-state index in [1.54, 1.807) is 30.3 Å². The fourth-order valence-electron chi connectivity index (χ4n) is 2.85. The molecule has 0 heterocycles. The van der Waals surface area contributed by atoms with E-state index in [4.69, 9.17) is 0 Å². The number of hydrogen-bond acceptors (Lipinski definition) is 3. The van der Waals surface area contributed by atoms with Crippen molar-refractivity contribution in [3.63, 3.8) is 0 Å². The number of rotatable bonds is 3. The minimum Gasteiger partial charge on any atom is -0.507 e. The Balaban J connectivity index is 2.59. The lowest BCUT2D eigenvalue weighted by Crippen LogP contribution is -2.18. The fraction of sp³-hybridized carbons (Fsp3) is 0.429. The Bertz CT molecular complexity index is 817. The van der Waals surface area contributed by atoms with Crippen molar-refractivity contribution in [2.45, 2.75) is 63.0 Å². The van der Waals surface area contributed by atoms with Gasteiger partial charge in [0.15, 0.2) is 9.84 Å². The Labute approximate surface area is 151 Å². The van der Waals surface area contributed by atoms with Crippen LogP contribution >= 0.6 is 0 Å². The summed E-state index contributed by atoms with van der Waals surface area (Å²) in [4.78, 5) is 0.317. The molecule has 0 atom stereocenters. The molecule has 2 aromatic rings. The van der Waals surface area contributed by atoms with Gasteiger partial charge in [-0.1, -0.05) is 71.9 Å². The maximum Gasteiger partial charge on any atom is 0.182 e. The highest BCUT2D eigenvalue weighted by Crippen LogP contribution is 2.40. The van der Waals surface area contributed by atoms with Crippen LogP contribution < -0.4 is 0 Å². The van der Waals surface area contributed by atoms with Crippen LogP contribution in [0.5, 0.6) is 5.75 Å². The molecule has 2 rings (SSSR count). The highest BCUT2D eigenvalue weighted by Gasteiger charge is 2.27. The van der Waals surface area contributed by atoms with Crippen molar-refractivity contribution in [2.75, 3.05) is 0 Å². The van der Waals surface area contributed by atoms with Gasteiger partial charge in [0.2, 0.25) is 0 Å². The zero-order valence-electron chi connectivity index (χ0n) is 15.9. The number of sulfone groups is 1. The van der Waals surface area contributed by atoms with Crippen molar-refractivity contribution in [1.82, 2.24) is 0 Å². The largest absolute Gasteiger partial charge is 0.507 e. The maximum absolute atomic E-state index is 12.7. The summed E-state index contributed by atoms with van der Waals surface area (Å²) >= 11 is 0. The van der Waals surface area contributed by atoms with Gasteiger partial charge in [-0.25, -0.2) is 8.42 Å². The van der Waals surface area contributed by atoms with Crippen molar-refractivity contribution >= 4 is 9.84 Å². The van der Waals surface area contributed by atoms with Crippen LogP contribution in [0.1, 0.15) is 58.2 Å². The number of aromatic hydroxyl groups is 1. The first kappa shape index (κ1) is 19.5. The summed E-state index contributed by atoms with van der Waals surface area (Å²) in [6.45, 7) is 12.1. The SMILES string of the molecule is CC(C)(C)c1cc(CS(=O)(=O)c2ccccc2)cc(C(C)(C)C)c1O. The summed E-state index contributed by atoms with van der Waals surface area (Å²) in [7, 11) is -3.43. The minimum atomic E-state index is -3.43. The summed E-state index contributed by atoms with van der Waals surface area (Å²) in [6, 6.07) is 12.1. The van der Waals surface area contributed by atoms with Gasteiger partial charge in [0, 0.05) is 0 Å². The molecule has 0 unspecified atom stereocenters. The first-order chi connectivity index (χ1) is 11.3. The lowest BCUT2D eigenvalue weighted by atomic mass is 9.78. The van der Waals surface area contributed by atoms with Crippen molar-refractivity contribution in [2.24, 2.45) is 0 Å². The Kier molecular flexibility index (Phi) is 5.06. The monoisotopic (exact) mass is 360 g/mol. The number of benzene rings is 2. The lowest BCUT2D eigenvalue weighted by molar-refractivity contribution is 0.423. The van der Waals surface area contributed by atoms with Crippen molar-refractivity contribution in [1.29, 1.82) is 0 Å². The Morgan fingerprint density at radius 3 is 1.68 bits per heavy atom. The third-order valence-corrected chi connectivity index (χ3v) is 5.95. The van der Waals surface area contributed by atoms with Crippen molar-refractivity contribution < 1.29 is 13.5 Å². The van der Waals surface area contributed by atoms with Crippen LogP contribution in [0.2, 0.25) is 0 Å². The van der Waals surface area contributed by atoms with E-state index in [9.17, 15) is 13.5 Å². The summed E-state index contributed by atoms with van der Waals surface area (Å²) in [6.07, 6.45) is 0. The van der Waals surface area contributed by atoms with Gasteiger partial charge in [0.1, 0.15) is 5.75 Å². The van der Waals surface area contributed by atoms with Crippen LogP contribution in [0.15, 0.2) is 47.4 Å². The Morgan fingerprint density at radius 1 is 0.840 bits per heavy atom. The second kappa shape index (κ2) is 6.49. The highest BCUT2D eigenvalue weighted by atomic mass is 32.2. The van der Waals surface area contributed by atoms with E-state index in [0.29, 0.717) is 10.5 Å². The number of phenols is 1. The van der Waals surface area contributed by atoms with E-state index in [0.717, 1.165) is 11.1 Å². The molecule has 2 aromatic carbocycles. The van der Waals surface area contributed by atoms with E-state index < -0.39 is 9.84 Å². The molecule has 0 radical (unpaired) electrons. The molecule has 25 heavy (non-hydrogen) atoms. The lowest BCUT2D eigenvalue weighted by Gasteiger charge is -2.28. The first-order valence-electron chi connectivity index (χ1n) is 8.47. The van der Waals surface area contributed by atoms with Gasteiger partial charge >= 0.3 is 0 Å². The third-order valence-electron chi connectivity index (χ3n) is 4.24. The zero-order chi connectivity index (χ0) is 19.0. The van der Waals surface area contributed by atoms with Gasteiger partial charge in [0.05, 0.1) is 10.6 Å². The molecular weight excluding hydrogens is 332 g/mol. The molecule has 0 bridgehead atoms. The van der Waals surface area contributed by atoms with Crippen LogP contribution in [-0.4, -0.2) is 13.5 Å². The van der Waals surface area contributed by atoms with E-state index in [1.165, 1.54) is 0 Å². The summed E-state index contributed by atoms with van der Waals surface area (Å²) in [5.74, 6) is 0.185. The molecule has 0 saturated carbocycles. The smallest absolute Gasteiger partial charge is 0.182 e. The quantitative estimate of drug-likeness (QED) is 0.841. The summed E-state index contributed by atoms with van der Waals surface area (Å²) < 4.78 is 25.5. The number of phenolic OH excluding ortho intramolecular Hbond substituents is 1. The van der Waals surface area contributed by atoms with Gasteiger partial charge in [-0.05, 0) is 39.7 Å². The highest BCUT2D eigenvalue weighted by molar-refractivity contribution is 7.90. The number of hydrogen-bond donors (Lipinski definition) is 1. The second-order valence-corrected chi connectivity index (χ2v) is 10.6. The molecule has 0 fully saturated rings. The predicted molar refractivity (Wildman–Crippen MR) is 103 cm³/mol. The average Bonchev–Trinajstić information content (AvgIpc) is 2.47. The van der Waals surface area contributed by atoms with Crippen LogP contribution in [-0.2, 0) is 26.4 Å². The Morgan fingerprint density at radius 2 is 1.28 bits per heavy atom. The fourth-order valence-corrected chi connectivity index (χ4v) is 4.20. The van der Waals surface area contributed by atoms with Gasteiger partial charge < -0.3 is 5.11 Å². The molecular formula is C21H28O3S. The van der Waals surface area contributed by atoms with Crippen LogP contribution in [0.3, 0.4) is 0 Å². The molecule has 4 heteroatoms. The molecule has 0 aromatic heterocycles. The maximum atomic E-state index is 12.7. The minimum absolute atomic E-state index is 0.0799. The van der Waals surface area contributed by atoms with Gasteiger partial charge in [-0.15, -0.1) is 0 Å². The molecule has 1 N–H and O–H groups in total. The Hall–Kier alpha value is -1.81. The summed E-state index contributed by atoms with van der Waals surface area (Å²) in [5.41, 5.74) is 1.69. The van der Waals surface area contributed by atoms with Crippen molar-refractivity contribution in [3.8, 4) is 5.75 Å². The first-order valence-corrected chi connectivity index (χ1v) is 10.1. The van der Waals surface area contributed by atoms with Gasteiger partial charge in [0.25, 0.3) is 0 Å². The van der Waals surface area contributed by atoms with E-state index in [-0.39, 0.29) is 22.3 Å². The molecule has 0 aliphatic carbocycles. The standard InChI is InChI=1S/C21H28O3S/c1-20(2,3)17-12-15(13-18(19(17)22)21(4,5)6)14-25(23,24)16-10-8-7-9-11-16/h7-13,22H,14H2,1-6H3. The molecule has 0 aliphatic heterocycles.